The van der Waals surface area contributed by atoms with Crippen molar-refractivity contribution in [2.75, 3.05) is 6.26 Å². The minimum Gasteiger partial charge on any atom is -0.489 e. The SMILES string of the molecule is CC1CCC(C#N)C(Oc2cccc(S(C)(=O)=O)c2)C1. The number of nitriles is 1. The second kappa shape index (κ2) is 5.84. The van der Waals surface area contributed by atoms with Gasteiger partial charge in [0.25, 0.3) is 0 Å². The molecule has 108 valence electrons. The van der Waals surface area contributed by atoms with Crippen molar-refractivity contribution < 1.29 is 13.2 Å². The molecule has 3 atom stereocenters. The number of rotatable bonds is 3. The summed E-state index contributed by atoms with van der Waals surface area (Å²) in [7, 11) is -3.24. The molecular formula is C15H19NO3S. The van der Waals surface area contributed by atoms with Crippen molar-refractivity contribution in [3.8, 4) is 11.8 Å². The van der Waals surface area contributed by atoms with Crippen LogP contribution in [-0.2, 0) is 9.84 Å². The summed E-state index contributed by atoms with van der Waals surface area (Å²) >= 11 is 0. The van der Waals surface area contributed by atoms with Crippen molar-refractivity contribution in [2.24, 2.45) is 11.8 Å². The maximum Gasteiger partial charge on any atom is 0.175 e. The second-order valence-corrected chi connectivity index (χ2v) is 7.57. The van der Waals surface area contributed by atoms with Crippen molar-refractivity contribution in [1.29, 1.82) is 5.26 Å². The van der Waals surface area contributed by atoms with Crippen LogP contribution in [0.2, 0.25) is 0 Å². The Morgan fingerprint density at radius 2 is 2.10 bits per heavy atom. The van der Waals surface area contributed by atoms with E-state index < -0.39 is 9.84 Å². The molecule has 1 aromatic rings. The molecule has 5 heteroatoms. The molecule has 0 amide bonds. The Kier molecular flexibility index (Phi) is 4.34. The van der Waals surface area contributed by atoms with Crippen LogP contribution in [-0.4, -0.2) is 20.8 Å². The average molecular weight is 293 g/mol. The molecule has 0 aliphatic heterocycles. The van der Waals surface area contributed by atoms with Crippen molar-refractivity contribution in [1.82, 2.24) is 0 Å². The molecule has 3 unspecified atom stereocenters. The molecule has 20 heavy (non-hydrogen) atoms. The first-order valence-corrected chi connectivity index (χ1v) is 8.65. The number of hydrogen-bond donors (Lipinski definition) is 0. The predicted molar refractivity (Wildman–Crippen MR) is 76.1 cm³/mol. The molecule has 0 heterocycles. The van der Waals surface area contributed by atoms with Crippen LogP contribution in [0.25, 0.3) is 0 Å². The van der Waals surface area contributed by atoms with Crippen molar-refractivity contribution in [3.63, 3.8) is 0 Å². The molecule has 2 rings (SSSR count). The van der Waals surface area contributed by atoms with E-state index in [1.807, 2.05) is 0 Å². The van der Waals surface area contributed by atoms with Crippen LogP contribution in [0.1, 0.15) is 26.2 Å². The fraction of sp³-hybridized carbons (Fsp3) is 0.533. The lowest BCUT2D eigenvalue weighted by atomic mass is 9.81. The third-order valence-corrected chi connectivity index (χ3v) is 4.85. The summed E-state index contributed by atoms with van der Waals surface area (Å²) in [5, 5.41) is 9.18. The second-order valence-electron chi connectivity index (χ2n) is 5.56. The number of ether oxygens (including phenoxy) is 1. The highest BCUT2D eigenvalue weighted by molar-refractivity contribution is 7.90. The standard InChI is InChI=1S/C15H19NO3S/c1-11-6-7-12(10-16)15(8-11)19-13-4-3-5-14(9-13)20(2,17)18/h3-5,9,11-12,15H,6-8H2,1-2H3. The maximum absolute atomic E-state index is 11.5. The summed E-state index contributed by atoms with van der Waals surface area (Å²) in [5.74, 6) is 0.933. The molecule has 0 saturated heterocycles. The third kappa shape index (κ3) is 3.51. The van der Waals surface area contributed by atoms with E-state index in [1.165, 1.54) is 12.3 Å². The van der Waals surface area contributed by atoms with Gasteiger partial charge in [0.2, 0.25) is 0 Å². The van der Waals surface area contributed by atoms with E-state index in [1.54, 1.807) is 18.2 Å². The summed E-state index contributed by atoms with van der Waals surface area (Å²) in [5.41, 5.74) is 0. The molecule has 1 aliphatic rings. The van der Waals surface area contributed by atoms with Gasteiger partial charge < -0.3 is 4.74 Å². The molecule has 0 bridgehead atoms. The molecule has 0 radical (unpaired) electrons. The normalized spacial score (nSPS) is 26.8. The molecule has 4 nitrogen and oxygen atoms in total. The van der Waals surface area contributed by atoms with Gasteiger partial charge in [0.1, 0.15) is 11.9 Å². The average Bonchev–Trinajstić information content (AvgIpc) is 2.38. The lowest BCUT2D eigenvalue weighted by molar-refractivity contribution is 0.0954. The Balaban J connectivity index is 2.19. The lowest BCUT2D eigenvalue weighted by Gasteiger charge is -2.31. The third-order valence-electron chi connectivity index (χ3n) is 3.74. The first-order valence-electron chi connectivity index (χ1n) is 6.76. The van der Waals surface area contributed by atoms with Gasteiger partial charge in [0.15, 0.2) is 9.84 Å². The lowest BCUT2D eigenvalue weighted by Crippen LogP contribution is -2.32. The zero-order chi connectivity index (χ0) is 14.8. The smallest absolute Gasteiger partial charge is 0.175 e. The first-order chi connectivity index (χ1) is 9.40. The predicted octanol–water partition coefficient (Wildman–Crippen LogP) is 2.80. The Hall–Kier alpha value is -1.54. The van der Waals surface area contributed by atoms with Crippen molar-refractivity contribution in [3.05, 3.63) is 24.3 Å². The zero-order valence-corrected chi connectivity index (χ0v) is 12.6. The molecular weight excluding hydrogens is 274 g/mol. The van der Waals surface area contributed by atoms with Gasteiger partial charge in [-0.25, -0.2) is 8.42 Å². The molecule has 1 aromatic carbocycles. The minimum atomic E-state index is -3.24. The summed E-state index contributed by atoms with van der Waals surface area (Å²) in [6, 6.07) is 8.78. The largest absolute Gasteiger partial charge is 0.489 e. The van der Waals surface area contributed by atoms with Crippen molar-refractivity contribution in [2.45, 2.75) is 37.2 Å². The summed E-state index contributed by atoms with van der Waals surface area (Å²) < 4.78 is 29.0. The quantitative estimate of drug-likeness (QED) is 0.859. The van der Waals surface area contributed by atoms with E-state index in [2.05, 4.69) is 13.0 Å². The molecule has 1 fully saturated rings. The maximum atomic E-state index is 11.5. The molecule has 0 N–H and O–H groups in total. The highest BCUT2D eigenvalue weighted by Crippen LogP contribution is 2.32. The molecule has 1 saturated carbocycles. The number of hydrogen-bond acceptors (Lipinski definition) is 4. The van der Waals surface area contributed by atoms with E-state index in [4.69, 9.17) is 4.74 Å². The topological polar surface area (TPSA) is 67.2 Å². The van der Waals surface area contributed by atoms with Gasteiger partial charge >= 0.3 is 0 Å². The van der Waals surface area contributed by atoms with Gasteiger partial charge in [-0.05, 0) is 43.4 Å². The van der Waals surface area contributed by atoms with Crippen LogP contribution < -0.4 is 4.74 Å². The monoisotopic (exact) mass is 293 g/mol. The van der Waals surface area contributed by atoms with Gasteiger partial charge in [0.05, 0.1) is 16.9 Å². The Morgan fingerprint density at radius 3 is 2.75 bits per heavy atom. The van der Waals surface area contributed by atoms with Crippen LogP contribution >= 0.6 is 0 Å². The number of benzene rings is 1. The van der Waals surface area contributed by atoms with Gasteiger partial charge in [-0.15, -0.1) is 0 Å². The summed E-state index contributed by atoms with van der Waals surface area (Å²) in [6.45, 7) is 2.15. The van der Waals surface area contributed by atoms with Crippen LogP contribution in [0.4, 0.5) is 0 Å². The Morgan fingerprint density at radius 1 is 1.35 bits per heavy atom. The highest BCUT2D eigenvalue weighted by Gasteiger charge is 2.30. The summed E-state index contributed by atoms with van der Waals surface area (Å²) in [6.07, 6.45) is 3.74. The van der Waals surface area contributed by atoms with E-state index in [0.29, 0.717) is 11.7 Å². The summed E-state index contributed by atoms with van der Waals surface area (Å²) in [4.78, 5) is 0.243. The van der Waals surface area contributed by atoms with Crippen LogP contribution in [0.5, 0.6) is 5.75 Å². The van der Waals surface area contributed by atoms with Gasteiger partial charge in [-0.3, -0.25) is 0 Å². The van der Waals surface area contributed by atoms with Crippen LogP contribution in [0, 0.1) is 23.2 Å². The first kappa shape index (κ1) is 14.9. The van der Waals surface area contributed by atoms with Gasteiger partial charge in [0, 0.05) is 6.26 Å². The van der Waals surface area contributed by atoms with Crippen LogP contribution in [0.3, 0.4) is 0 Å². The molecule has 1 aliphatic carbocycles. The van der Waals surface area contributed by atoms with E-state index in [0.717, 1.165) is 19.3 Å². The highest BCUT2D eigenvalue weighted by atomic mass is 32.2. The number of sulfone groups is 1. The van der Waals surface area contributed by atoms with Gasteiger partial charge in [-0.1, -0.05) is 13.0 Å². The fourth-order valence-corrected chi connectivity index (χ4v) is 3.22. The van der Waals surface area contributed by atoms with E-state index in [-0.39, 0.29) is 16.9 Å². The molecule has 0 aromatic heterocycles. The van der Waals surface area contributed by atoms with Gasteiger partial charge in [-0.2, -0.15) is 5.26 Å². The minimum absolute atomic E-state index is 0.118. The molecule has 0 spiro atoms. The zero-order valence-electron chi connectivity index (χ0n) is 11.7. The van der Waals surface area contributed by atoms with E-state index in [9.17, 15) is 13.7 Å². The fourth-order valence-electron chi connectivity index (χ4n) is 2.56. The Labute approximate surface area is 120 Å². The Bertz CT molecular complexity index is 618. The van der Waals surface area contributed by atoms with Crippen LogP contribution in [0.15, 0.2) is 29.2 Å². The van der Waals surface area contributed by atoms with Crippen molar-refractivity contribution >= 4 is 9.84 Å². The number of nitrogens with zero attached hydrogens (tertiary/aromatic N) is 1. The van der Waals surface area contributed by atoms with E-state index >= 15 is 0 Å².